The highest BCUT2D eigenvalue weighted by molar-refractivity contribution is 6.02. The first kappa shape index (κ1) is 12.0. The molecule has 0 aromatic heterocycles. The van der Waals surface area contributed by atoms with E-state index in [-0.39, 0.29) is 0 Å². The van der Waals surface area contributed by atoms with Crippen LogP contribution in [-0.2, 0) is 9.59 Å². The Morgan fingerprint density at radius 2 is 1.44 bits per heavy atom. The summed E-state index contributed by atoms with van der Waals surface area (Å²) >= 11 is 0. The van der Waals surface area contributed by atoms with Gasteiger partial charge in [-0.25, -0.2) is 0 Å². The Morgan fingerprint density at radius 1 is 1.06 bits per heavy atom. The Hall–Kier alpha value is -2.09. The van der Waals surface area contributed by atoms with Crippen molar-refractivity contribution in [3.8, 4) is 12.1 Å². The normalized spacial score (nSPS) is 30.2. The minimum Gasteiger partial charge on any atom is -0.294 e. The van der Waals surface area contributed by atoms with Crippen molar-refractivity contribution in [2.75, 3.05) is 0 Å². The SMILES string of the molecule is N#C[C@@H]1C(=O)NC(=O)[C@H](C#N)C1C(F)(F)F. The molecule has 2 amide bonds. The van der Waals surface area contributed by atoms with Crippen molar-refractivity contribution in [1.82, 2.24) is 5.32 Å². The summed E-state index contributed by atoms with van der Waals surface area (Å²) in [7, 11) is 0. The van der Waals surface area contributed by atoms with Crippen molar-refractivity contribution in [3.63, 3.8) is 0 Å². The average molecular weight is 231 g/mol. The first-order chi connectivity index (χ1) is 7.32. The first-order valence-corrected chi connectivity index (χ1v) is 4.03. The number of nitriles is 2. The monoisotopic (exact) mass is 231 g/mol. The molecule has 1 fully saturated rings. The van der Waals surface area contributed by atoms with Crippen LogP contribution in [0.15, 0.2) is 0 Å². The molecule has 1 unspecified atom stereocenters. The minimum absolute atomic E-state index is 1.16. The number of carbonyl (C=O) groups is 2. The Bertz CT molecular complexity index is 386. The lowest BCUT2D eigenvalue weighted by molar-refractivity contribution is -0.201. The Balaban J connectivity index is 3.23. The molecule has 1 saturated heterocycles. The second-order valence-corrected chi connectivity index (χ2v) is 3.13. The number of nitrogens with zero attached hydrogens (tertiary/aromatic N) is 2. The van der Waals surface area contributed by atoms with Crippen LogP contribution in [0.25, 0.3) is 0 Å². The zero-order chi connectivity index (χ0) is 12.5. The van der Waals surface area contributed by atoms with Crippen LogP contribution in [-0.4, -0.2) is 18.0 Å². The summed E-state index contributed by atoms with van der Waals surface area (Å²) in [6.07, 6.45) is -4.95. The maximum Gasteiger partial charge on any atom is 0.395 e. The van der Waals surface area contributed by atoms with E-state index >= 15 is 0 Å². The molecule has 0 spiro atoms. The summed E-state index contributed by atoms with van der Waals surface area (Å²) in [4.78, 5) is 22.0. The number of alkyl halides is 3. The van der Waals surface area contributed by atoms with Crippen LogP contribution in [0.1, 0.15) is 0 Å². The highest BCUT2D eigenvalue weighted by Gasteiger charge is 2.57. The van der Waals surface area contributed by atoms with Gasteiger partial charge in [-0.3, -0.25) is 14.9 Å². The fourth-order valence-electron chi connectivity index (χ4n) is 1.45. The third-order valence-electron chi connectivity index (χ3n) is 2.19. The van der Waals surface area contributed by atoms with Crippen LogP contribution >= 0.6 is 0 Å². The van der Waals surface area contributed by atoms with Gasteiger partial charge in [-0.05, 0) is 0 Å². The van der Waals surface area contributed by atoms with E-state index in [9.17, 15) is 22.8 Å². The van der Waals surface area contributed by atoms with Crippen LogP contribution in [0.4, 0.5) is 13.2 Å². The van der Waals surface area contributed by atoms with Crippen molar-refractivity contribution in [2.45, 2.75) is 6.18 Å². The summed E-state index contributed by atoms with van der Waals surface area (Å²) in [5.74, 6) is -9.34. The second kappa shape index (κ2) is 3.81. The molecule has 84 valence electrons. The van der Waals surface area contributed by atoms with Crippen molar-refractivity contribution in [1.29, 1.82) is 10.5 Å². The van der Waals surface area contributed by atoms with Gasteiger partial charge in [0.1, 0.15) is 17.8 Å². The van der Waals surface area contributed by atoms with Gasteiger partial charge >= 0.3 is 6.18 Å². The molecule has 0 saturated carbocycles. The number of hydrogen-bond donors (Lipinski definition) is 1. The number of hydrogen-bond acceptors (Lipinski definition) is 4. The van der Waals surface area contributed by atoms with E-state index < -0.39 is 35.7 Å². The highest BCUT2D eigenvalue weighted by atomic mass is 19.4. The minimum atomic E-state index is -4.95. The third kappa shape index (κ3) is 1.82. The number of imide groups is 1. The van der Waals surface area contributed by atoms with E-state index in [2.05, 4.69) is 0 Å². The number of amides is 2. The lowest BCUT2D eigenvalue weighted by Crippen LogP contribution is -2.55. The molecule has 1 aliphatic heterocycles. The molecule has 5 nitrogen and oxygen atoms in total. The molecule has 0 bridgehead atoms. The predicted molar refractivity (Wildman–Crippen MR) is 40.9 cm³/mol. The zero-order valence-corrected chi connectivity index (χ0v) is 7.58. The van der Waals surface area contributed by atoms with E-state index in [4.69, 9.17) is 10.5 Å². The summed E-state index contributed by atoms with van der Waals surface area (Å²) in [5.41, 5.74) is 0. The fourth-order valence-corrected chi connectivity index (χ4v) is 1.45. The molecule has 0 radical (unpaired) electrons. The van der Waals surface area contributed by atoms with Gasteiger partial charge in [0.25, 0.3) is 0 Å². The number of nitrogens with one attached hydrogen (secondary N) is 1. The lowest BCUT2D eigenvalue weighted by atomic mass is 9.78. The molecule has 3 atom stereocenters. The van der Waals surface area contributed by atoms with E-state index in [0.29, 0.717) is 0 Å². The van der Waals surface area contributed by atoms with Gasteiger partial charge in [0.05, 0.1) is 12.1 Å². The topological polar surface area (TPSA) is 93.8 Å². The molecule has 1 aliphatic rings. The largest absolute Gasteiger partial charge is 0.395 e. The zero-order valence-electron chi connectivity index (χ0n) is 7.58. The Labute approximate surface area is 87.4 Å². The molecule has 1 rings (SSSR count). The third-order valence-corrected chi connectivity index (χ3v) is 2.19. The highest BCUT2D eigenvalue weighted by Crippen LogP contribution is 2.39. The summed E-state index contributed by atoms with van der Waals surface area (Å²) in [6.45, 7) is 0. The van der Waals surface area contributed by atoms with Crippen molar-refractivity contribution < 1.29 is 22.8 Å². The number of halogens is 3. The van der Waals surface area contributed by atoms with Gasteiger partial charge in [-0.1, -0.05) is 0 Å². The molecular weight excluding hydrogens is 227 g/mol. The molecule has 1 N–H and O–H groups in total. The number of rotatable bonds is 0. The Kier molecular flexibility index (Phi) is 2.86. The van der Waals surface area contributed by atoms with Gasteiger partial charge in [-0.2, -0.15) is 23.7 Å². The fraction of sp³-hybridized carbons (Fsp3) is 0.500. The van der Waals surface area contributed by atoms with E-state index in [1.165, 1.54) is 0 Å². The van der Waals surface area contributed by atoms with Gasteiger partial charge in [0.15, 0.2) is 0 Å². The summed E-state index contributed by atoms with van der Waals surface area (Å²) in [6, 6.07) is 2.32. The smallest absolute Gasteiger partial charge is 0.294 e. The van der Waals surface area contributed by atoms with E-state index in [1.54, 1.807) is 5.32 Å². The second-order valence-electron chi connectivity index (χ2n) is 3.13. The molecule has 0 aromatic carbocycles. The first-order valence-electron chi connectivity index (χ1n) is 4.03. The molecule has 16 heavy (non-hydrogen) atoms. The quantitative estimate of drug-likeness (QED) is 0.598. The van der Waals surface area contributed by atoms with Crippen molar-refractivity contribution in [3.05, 3.63) is 0 Å². The molecule has 8 heteroatoms. The number of piperidine rings is 1. The van der Waals surface area contributed by atoms with Crippen LogP contribution in [0.5, 0.6) is 0 Å². The molecule has 1 heterocycles. The van der Waals surface area contributed by atoms with Crippen LogP contribution in [0, 0.1) is 40.4 Å². The average Bonchev–Trinajstić information content (AvgIpc) is 2.15. The van der Waals surface area contributed by atoms with Crippen molar-refractivity contribution in [2.24, 2.45) is 17.8 Å². The lowest BCUT2D eigenvalue weighted by Gasteiger charge is -2.30. The maximum absolute atomic E-state index is 12.5. The molecule has 0 aromatic rings. The van der Waals surface area contributed by atoms with Crippen LogP contribution in [0.2, 0.25) is 0 Å². The molecule has 0 aliphatic carbocycles. The molecular formula is C8H4F3N3O2. The summed E-state index contributed by atoms with van der Waals surface area (Å²) in [5, 5.41) is 18.5. The van der Waals surface area contributed by atoms with Gasteiger partial charge in [0, 0.05) is 0 Å². The van der Waals surface area contributed by atoms with Crippen LogP contribution in [0.3, 0.4) is 0 Å². The van der Waals surface area contributed by atoms with Crippen LogP contribution < -0.4 is 5.32 Å². The predicted octanol–water partition coefficient (Wildman–Crippen LogP) is 0.101. The van der Waals surface area contributed by atoms with Gasteiger partial charge in [-0.15, -0.1) is 0 Å². The Morgan fingerprint density at radius 3 is 1.69 bits per heavy atom. The van der Waals surface area contributed by atoms with E-state index in [1.807, 2.05) is 0 Å². The van der Waals surface area contributed by atoms with Gasteiger partial charge < -0.3 is 0 Å². The summed E-state index contributed by atoms with van der Waals surface area (Å²) < 4.78 is 37.6. The van der Waals surface area contributed by atoms with Crippen molar-refractivity contribution >= 4 is 11.8 Å². The van der Waals surface area contributed by atoms with Gasteiger partial charge in [0.2, 0.25) is 11.8 Å². The van der Waals surface area contributed by atoms with E-state index in [0.717, 1.165) is 12.1 Å². The maximum atomic E-state index is 12.5. The standard InChI is InChI=1S/C8H4F3N3O2/c9-8(10,11)5-3(1-12)6(15)14-7(16)4(5)2-13/h3-5H,(H,14,15,16)/t3-,4+,5?. The number of carbonyl (C=O) groups excluding carboxylic acids is 2.